The van der Waals surface area contributed by atoms with Crippen molar-refractivity contribution >= 4 is 0 Å². The number of nitrogens with one attached hydrogen (secondary N) is 1. The number of rotatable bonds is 5. The van der Waals surface area contributed by atoms with Gasteiger partial charge in [0.2, 0.25) is 0 Å². The maximum atomic E-state index is 11.4. The first kappa shape index (κ1) is 11.4. The third-order valence-corrected chi connectivity index (χ3v) is 3.37. The average molecular weight is 222 g/mol. The van der Waals surface area contributed by atoms with Gasteiger partial charge in [-0.05, 0) is 25.3 Å². The molecule has 1 heterocycles. The third-order valence-electron chi connectivity index (χ3n) is 3.37. The number of aliphatic hydroxyl groups is 1. The molecule has 1 fully saturated rings. The fourth-order valence-electron chi connectivity index (χ4n) is 2.08. The van der Waals surface area contributed by atoms with Gasteiger partial charge < -0.3 is 15.0 Å². The number of nitrogens with zero attached hydrogens (tertiary/aromatic N) is 1. The summed E-state index contributed by atoms with van der Waals surface area (Å²) in [6, 6.07) is 5.16. The molecule has 0 spiro atoms. The fourth-order valence-corrected chi connectivity index (χ4v) is 2.08. The Bertz CT molecular complexity index is 390. The Morgan fingerprint density at radius 2 is 2.25 bits per heavy atom. The lowest BCUT2D eigenvalue weighted by molar-refractivity contribution is 0.0881. The standard InChI is InChI=1S/C12H18N2O2/c15-10-12(5-3-6-12)13-7-9-14-8-2-1-4-11(14)16/h1-2,4,8,13,15H,3,5-7,9-10H2. The summed E-state index contributed by atoms with van der Waals surface area (Å²) < 4.78 is 1.68. The first-order valence-corrected chi connectivity index (χ1v) is 5.77. The Kier molecular flexibility index (Phi) is 3.41. The maximum absolute atomic E-state index is 11.4. The van der Waals surface area contributed by atoms with Crippen molar-refractivity contribution < 1.29 is 5.11 Å². The first-order chi connectivity index (χ1) is 7.76. The topological polar surface area (TPSA) is 54.3 Å². The van der Waals surface area contributed by atoms with Gasteiger partial charge in [0.05, 0.1) is 6.61 Å². The smallest absolute Gasteiger partial charge is 0.250 e. The summed E-state index contributed by atoms with van der Waals surface area (Å²) in [5.74, 6) is 0. The lowest BCUT2D eigenvalue weighted by Gasteiger charge is -2.41. The van der Waals surface area contributed by atoms with Crippen LogP contribution in [0, 0.1) is 0 Å². The second-order valence-corrected chi connectivity index (χ2v) is 4.45. The molecule has 16 heavy (non-hydrogen) atoms. The highest BCUT2D eigenvalue weighted by molar-refractivity contribution is 4.96. The van der Waals surface area contributed by atoms with E-state index < -0.39 is 0 Å². The van der Waals surface area contributed by atoms with Crippen molar-refractivity contribution in [3.05, 3.63) is 34.7 Å². The van der Waals surface area contributed by atoms with Gasteiger partial charge in [-0.2, -0.15) is 0 Å². The van der Waals surface area contributed by atoms with E-state index in [1.807, 2.05) is 6.07 Å². The molecule has 4 heteroatoms. The largest absolute Gasteiger partial charge is 0.394 e. The summed E-state index contributed by atoms with van der Waals surface area (Å²) in [4.78, 5) is 11.4. The molecule has 4 nitrogen and oxygen atoms in total. The minimum absolute atomic E-state index is 0.0240. The first-order valence-electron chi connectivity index (χ1n) is 5.77. The summed E-state index contributed by atoms with van der Waals surface area (Å²) in [5.41, 5.74) is -0.0470. The minimum Gasteiger partial charge on any atom is -0.394 e. The van der Waals surface area contributed by atoms with Crippen LogP contribution >= 0.6 is 0 Å². The number of hydrogen-bond donors (Lipinski definition) is 2. The van der Waals surface area contributed by atoms with Gasteiger partial charge in [-0.25, -0.2) is 0 Å². The summed E-state index contributed by atoms with van der Waals surface area (Å²) >= 11 is 0. The Morgan fingerprint density at radius 3 is 2.81 bits per heavy atom. The maximum Gasteiger partial charge on any atom is 0.250 e. The van der Waals surface area contributed by atoms with Gasteiger partial charge >= 0.3 is 0 Å². The predicted molar refractivity (Wildman–Crippen MR) is 62.4 cm³/mol. The highest BCUT2D eigenvalue weighted by Gasteiger charge is 2.35. The normalized spacial score (nSPS) is 18.1. The van der Waals surface area contributed by atoms with Crippen LogP contribution in [0.25, 0.3) is 0 Å². The monoisotopic (exact) mass is 222 g/mol. The zero-order chi connectivity index (χ0) is 11.4. The van der Waals surface area contributed by atoms with Crippen LogP contribution in [0.15, 0.2) is 29.2 Å². The molecule has 1 aliphatic carbocycles. The minimum atomic E-state index is -0.0710. The molecule has 0 radical (unpaired) electrons. The van der Waals surface area contributed by atoms with E-state index >= 15 is 0 Å². The molecule has 0 amide bonds. The highest BCUT2D eigenvalue weighted by atomic mass is 16.3. The van der Waals surface area contributed by atoms with Crippen molar-refractivity contribution in [1.82, 2.24) is 9.88 Å². The summed E-state index contributed by atoms with van der Waals surface area (Å²) in [7, 11) is 0. The van der Waals surface area contributed by atoms with E-state index in [-0.39, 0.29) is 17.7 Å². The quantitative estimate of drug-likeness (QED) is 0.756. The molecule has 2 rings (SSSR count). The summed E-state index contributed by atoms with van der Waals surface area (Å²) in [6.07, 6.45) is 5.04. The molecule has 1 aromatic heterocycles. The Morgan fingerprint density at radius 1 is 1.44 bits per heavy atom. The number of aromatic nitrogens is 1. The Balaban J connectivity index is 1.84. The van der Waals surface area contributed by atoms with Crippen LogP contribution in [-0.4, -0.2) is 28.4 Å². The van der Waals surface area contributed by atoms with Crippen LogP contribution in [0.4, 0.5) is 0 Å². The van der Waals surface area contributed by atoms with Crippen molar-refractivity contribution in [2.75, 3.05) is 13.2 Å². The van der Waals surface area contributed by atoms with E-state index in [1.165, 1.54) is 6.42 Å². The van der Waals surface area contributed by atoms with E-state index in [0.717, 1.165) is 19.4 Å². The lowest BCUT2D eigenvalue weighted by Crippen LogP contribution is -2.54. The molecule has 88 valence electrons. The molecule has 1 aliphatic rings. The molecular weight excluding hydrogens is 204 g/mol. The number of hydrogen-bond acceptors (Lipinski definition) is 3. The van der Waals surface area contributed by atoms with Crippen molar-refractivity contribution in [3.8, 4) is 0 Å². The predicted octanol–water partition coefficient (Wildman–Crippen LogP) is 0.353. The molecule has 0 aliphatic heterocycles. The van der Waals surface area contributed by atoms with E-state index in [0.29, 0.717) is 6.54 Å². The van der Waals surface area contributed by atoms with Crippen LogP contribution in [0.2, 0.25) is 0 Å². The van der Waals surface area contributed by atoms with Crippen LogP contribution in [-0.2, 0) is 6.54 Å². The molecule has 0 saturated heterocycles. The molecule has 0 aromatic carbocycles. The Labute approximate surface area is 94.9 Å². The zero-order valence-corrected chi connectivity index (χ0v) is 9.35. The van der Waals surface area contributed by atoms with Gasteiger partial charge in [0, 0.05) is 30.9 Å². The second kappa shape index (κ2) is 4.80. The SMILES string of the molecule is O=c1ccccn1CCNC1(CO)CCC1. The van der Waals surface area contributed by atoms with Gasteiger partial charge in [0.1, 0.15) is 0 Å². The van der Waals surface area contributed by atoms with Crippen LogP contribution in [0.5, 0.6) is 0 Å². The van der Waals surface area contributed by atoms with Crippen molar-refractivity contribution in [2.45, 2.75) is 31.3 Å². The van der Waals surface area contributed by atoms with Crippen molar-refractivity contribution in [3.63, 3.8) is 0 Å². The van der Waals surface area contributed by atoms with Crippen LogP contribution in [0.1, 0.15) is 19.3 Å². The van der Waals surface area contributed by atoms with Gasteiger partial charge in [0.15, 0.2) is 0 Å². The zero-order valence-electron chi connectivity index (χ0n) is 9.35. The van der Waals surface area contributed by atoms with Gasteiger partial charge in [0.25, 0.3) is 5.56 Å². The van der Waals surface area contributed by atoms with Crippen molar-refractivity contribution in [1.29, 1.82) is 0 Å². The lowest BCUT2D eigenvalue weighted by atomic mass is 9.77. The van der Waals surface area contributed by atoms with Gasteiger partial charge in [-0.3, -0.25) is 4.79 Å². The van der Waals surface area contributed by atoms with Gasteiger partial charge in [-0.15, -0.1) is 0 Å². The van der Waals surface area contributed by atoms with Crippen LogP contribution < -0.4 is 10.9 Å². The summed E-state index contributed by atoms with van der Waals surface area (Å²) in [6.45, 7) is 1.57. The fraction of sp³-hybridized carbons (Fsp3) is 0.583. The summed E-state index contributed by atoms with van der Waals surface area (Å²) in [5, 5.41) is 12.6. The average Bonchev–Trinajstić information content (AvgIpc) is 2.25. The second-order valence-electron chi connectivity index (χ2n) is 4.45. The number of aliphatic hydroxyl groups excluding tert-OH is 1. The number of pyridine rings is 1. The van der Waals surface area contributed by atoms with E-state index in [4.69, 9.17) is 0 Å². The van der Waals surface area contributed by atoms with E-state index in [9.17, 15) is 9.90 Å². The van der Waals surface area contributed by atoms with Crippen LogP contribution in [0.3, 0.4) is 0 Å². The third kappa shape index (κ3) is 2.33. The molecule has 2 N–H and O–H groups in total. The van der Waals surface area contributed by atoms with Gasteiger partial charge in [-0.1, -0.05) is 6.07 Å². The molecule has 0 atom stereocenters. The molecular formula is C12H18N2O2. The van der Waals surface area contributed by atoms with Crippen molar-refractivity contribution in [2.24, 2.45) is 0 Å². The Hall–Kier alpha value is -1.13. The molecule has 1 saturated carbocycles. The van der Waals surface area contributed by atoms with E-state index in [2.05, 4.69) is 5.32 Å². The van der Waals surface area contributed by atoms with E-state index in [1.54, 1.807) is 22.9 Å². The molecule has 0 bridgehead atoms. The molecule has 1 aromatic rings. The molecule has 0 unspecified atom stereocenters. The highest BCUT2D eigenvalue weighted by Crippen LogP contribution is 2.30.